The summed E-state index contributed by atoms with van der Waals surface area (Å²) < 4.78 is 6.66. The standard InChI is InChI=1S/C13H9BrClN3OS/c1-16-13-17-11(8-4-5-20-12(8)18-13)19-10-3-2-7(15)6-9(10)14/h2-6H,1H3,(H,16,17,18). The second-order valence-electron chi connectivity index (χ2n) is 3.92. The second kappa shape index (κ2) is 5.55. The van der Waals surface area contributed by atoms with Crippen LogP contribution in [-0.2, 0) is 0 Å². The van der Waals surface area contributed by atoms with E-state index in [-0.39, 0.29) is 0 Å². The number of thiophene rings is 1. The van der Waals surface area contributed by atoms with Crippen LogP contribution < -0.4 is 10.1 Å². The van der Waals surface area contributed by atoms with Crippen LogP contribution in [0.15, 0.2) is 34.1 Å². The van der Waals surface area contributed by atoms with Crippen molar-refractivity contribution in [1.82, 2.24) is 9.97 Å². The highest BCUT2D eigenvalue weighted by Crippen LogP contribution is 2.35. The van der Waals surface area contributed by atoms with Crippen LogP contribution in [0.5, 0.6) is 11.6 Å². The molecule has 7 heteroatoms. The first kappa shape index (κ1) is 13.6. The van der Waals surface area contributed by atoms with Crippen molar-refractivity contribution < 1.29 is 4.74 Å². The van der Waals surface area contributed by atoms with Gasteiger partial charge in [-0.2, -0.15) is 4.98 Å². The van der Waals surface area contributed by atoms with Gasteiger partial charge in [0.25, 0.3) is 0 Å². The van der Waals surface area contributed by atoms with Gasteiger partial charge in [-0.3, -0.25) is 0 Å². The minimum absolute atomic E-state index is 0.517. The van der Waals surface area contributed by atoms with Gasteiger partial charge in [-0.25, -0.2) is 4.98 Å². The molecule has 4 nitrogen and oxygen atoms in total. The van der Waals surface area contributed by atoms with Crippen molar-refractivity contribution >= 4 is 55.0 Å². The number of fused-ring (bicyclic) bond motifs is 1. The Labute approximate surface area is 132 Å². The Balaban J connectivity index is 2.07. The zero-order chi connectivity index (χ0) is 14.1. The molecule has 0 fully saturated rings. The zero-order valence-electron chi connectivity index (χ0n) is 10.4. The highest BCUT2D eigenvalue weighted by Gasteiger charge is 2.12. The molecule has 0 aliphatic carbocycles. The number of nitrogens with one attached hydrogen (secondary N) is 1. The Hall–Kier alpha value is -1.37. The maximum atomic E-state index is 5.93. The minimum Gasteiger partial charge on any atom is -0.437 e. The predicted molar refractivity (Wildman–Crippen MR) is 86.2 cm³/mol. The van der Waals surface area contributed by atoms with Crippen molar-refractivity contribution in [3.05, 3.63) is 39.1 Å². The van der Waals surface area contributed by atoms with E-state index in [1.54, 1.807) is 36.6 Å². The molecule has 3 rings (SSSR count). The molecule has 2 aromatic heterocycles. The van der Waals surface area contributed by atoms with Gasteiger partial charge in [-0.15, -0.1) is 11.3 Å². The Kier molecular flexibility index (Phi) is 3.78. The van der Waals surface area contributed by atoms with Crippen molar-refractivity contribution in [2.45, 2.75) is 0 Å². The summed E-state index contributed by atoms with van der Waals surface area (Å²) in [5.41, 5.74) is 0. The molecule has 0 aliphatic rings. The molecule has 0 bridgehead atoms. The average Bonchev–Trinajstić information content (AvgIpc) is 2.90. The average molecular weight is 371 g/mol. The third-order valence-electron chi connectivity index (χ3n) is 2.61. The maximum Gasteiger partial charge on any atom is 0.232 e. The summed E-state index contributed by atoms with van der Waals surface area (Å²) in [7, 11) is 1.77. The topological polar surface area (TPSA) is 47.0 Å². The Bertz CT molecular complexity index is 777. The van der Waals surface area contributed by atoms with E-state index in [4.69, 9.17) is 16.3 Å². The number of hydrogen-bond acceptors (Lipinski definition) is 5. The van der Waals surface area contributed by atoms with Crippen LogP contribution in [-0.4, -0.2) is 17.0 Å². The largest absolute Gasteiger partial charge is 0.437 e. The molecule has 0 saturated heterocycles. The van der Waals surface area contributed by atoms with Gasteiger partial charge in [-0.1, -0.05) is 11.6 Å². The third-order valence-corrected chi connectivity index (χ3v) is 4.28. The normalized spacial score (nSPS) is 10.8. The summed E-state index contributed by atoms with van der Waals surface area (Å²) in [5.74, 6) is 1.70. The zero-order valence-corrected chi connectivity index (χ0v) is 13.5. The number of nitrogens with zero attached hydrogens (tertiary/aromatic N) is 2. The Morgan fingerprint density at radius 1 is 1.30 bits per heavy atom. The fourth-order valence-corrected chi connectivity index (χ4v) is 3.20. The van der Waals surface area contributed by atoms with Crippen molar-refractivity contribution in [2.24, 2.45) is 0 Å². The predicted octanol–water partition coefficient (Wildman–Crippen LogP) is 4.94. The first-order valence-corrected chi connectivity index (χ1v) is 7.78. The van der Waals surface area contributed by atoms with Crippen LogP contribution in [0.4, 0.5) is 5.95 Å². The van der Waals surface area contributed by atoms with E-state index in [9.17, 15) is 0 Å². The fraction of sp³-hybridized carbons (Fsp3) is 0.0769. The van der Waals surface area contributed by atoms with Gasteiger partial charge in [0.15, 0.2) is 0 Å². The van der Waals surface area contributed by atoms with Gasteiger partial charge in [0.1, 0.15) is 10.6 Å². The van der Waals surface area contributed by atoms with E-state index in [1.165, 1.54) is 0 Å². The summed E-state index contributed by atoms with van der Waals surface area (Å²) in [6.07, 6.45) is 0. The lowest BCUT2D eigenvalue weighted by atomic mass is 10.3. The lowest BCUT2D eigenvalue weighted by Gasteiger charge is -2.09. The lowest BCUT2D eigenvalue weighted by Crippen LogP contribution is -1.98. The molecule has 102 valence electrons. The van der Waals surface area contributed by atoms with Crippen molar-refractivity contribution in [3.63, 3.8) is 0 Å². The van der Waals surface area contributed by atoms with Gasteiger partial charge in [0.2, 0.25) is 11.8 Å². The molecule has 0 amide bonds. The van der Waals surface area contributed by atoms with E-state index < -0.39 is 0 Å². The molecule has 0 saturated carbocycles. The van der Waals surface area contributed by atoms with Crippen molar-refractivity contribution in [3.8, 4) is 11.6 Å². The van der Waals surface area contributed by atoms with Crippen LogP contribution >= 0.6 is 38.9 Å². The molecule has 2 heterocycles. The molecule has 0 atom stereocenters. The molecule has 3 aromatic rings. The number of anilines is 1. The molecule has 0 aliphatic heterocycles. The van der Waals surface area contributed by atoms with Gasteiger partial charge < -0.3 is 10.1 Å². The Morgan fingerprint density at radius 3 is 2.90 bits per heavy atom. The van der Waals surface area contributed by atoms with Crippen LogP contribution in [0.2, 0.25) is 5.02 Å². The van der Waals surface area contributed by atoms with Crippen LogP contribution in [0.1, 0.15) is 0 Å². The molecule has 0 spiro atoms. The highest BCUT2D eigenvalue weighted by atomic mass is 79.9. The van der Waals surface area contributed by atoms with Gasteiger partial charge in [-0.05, 0) is 45.6 Å². The first-order chi connectivity index (χ1) is 9.67. The molecule has 0 radical (unpaired) electrons. The van der Waals surface area contributed by atoms with Crippen molar-refractivity contribution in [1.29, 1.82) is 0 Å². The van der Waals surface area contributed by atoms with Crippen LogP contribution in [0.25, 0.3) is 10.2 Å². The lowest BCUT2D eigenvalue weighted by molar-refractivity contribution is 0.466. The molecule has 20 heavy (non-hydrogen) atoms. The summed E-state index contributed by atoms with van der Waals surface area (Å²) in [5, 5.41) is 6.42. The smallest absolute Gasteiger partial charge is 0.232 e. The SMILES string of the molecule is CNc1nc(Oc2ccc(Cl)cc2Br)c2ccsc2n1. The van der Waals surface area contributed by atoms with Gasteiger partial charge in [0.05, 0.1) is 9.86 Å². The first-order valence-electron chi connectivity index (χ1n) is 5.73. The van der Waals surface area contributed by atoms with Crippen LogP contribution in [0, 0.1) is 0 Å². The number of rotatable bonds is 3. The van der Waals surface area contributed by atoms with E-state index >= 15 is 0 Å². The summed E-state index contributed by atoms with van der Waals surface area (Å²) in [4.78, 5) is 9.61. The van der Waals surface area contributed by atoms with Gasteiger partial charge in [0, 0.05) is 12.1 Å². The fourth-order valence-electron chi connectivity index (χ4n) is 1.68. The summed E-state index contributed by atoms with van der Waals surface area (Å²) >= 11 is 10.9. The number of halogens is 2. The van der Waals surface area contributed by atoms with E-state index in [0.29, 0.717) is 22.6 Å². The highest BCUT2D eigenvalue weighted by molar-refractivity contribution is 9.10. The Morgan fingerprint density at radius 2 is 2.15 bits per heavy atom. The summed E-state index contributed by atoms with van der Waals surface area (Å²) in [6.45, 7) is 0. The number of hydrogen-bond donors (Lipinski definition) is 1. The van der Waals surface area contributed by atoms with E-state index in [2.05, 4.69) is 31.2 Å². The van der Waals surface area contributed by atoms with Crippen LogP contribution in [0.3, 0.4) is 0 Å². The monoisotopic (exact) mass is 369 g/mol. The second-order valence-corrected chi connectivity index (χ2v) is 6.10. The third kappa shape index (κ3) is 2.59. The molecule has 0 unspecified atom stereocenters. The minimum atomic E-state index is 0.517. The molecule has 1 aromatic carbocycles. The van der Waals surface area contributed by atoms with E-state index in [1.807, 2.05) is 11.4 Å². The summed E-state index contributed by atoms with van der Waals surface area (Å²) in [6, 6.07) is 7.29. The molecular weight excluding hydrogens is 362 g/mol. The van der Waals surface area contributed by atoms with E-state index in [0.717, 1.165) is 14.7 Å². The number of aromatic nitrogens is 2. The molecular formula is C13H9BrClN3OS. The maximum absolute atomic E-state index is 5.93. The molecule has 1 N–H and O–H groups in total. The van der Waals surface area contributed by atoms with Crippen molar-refractivity contribution in [2.75, 3.05) is 12.4 Å². The quantitative estimate of drug-likeness (QED) is 0.709. The van der Waals surface area contributed by atoms with Gasteiger partial charge >= 0.3 is 0 Å². The number of ether oxygens (including phenoxy) is 1. The number of benzene rings is 1.